The second-order valence-corrected chi connectivity index (χ2v) is 6.50. The Hall–Kier alpha value is -2.74. The van der Waals surface area contributed by atoms with E-state index in [2.05, 4.69) is 25.3 Å². The van der Waals surface area contributed by atoms with Gasteiger partial charge >= 0.3 is 5.78 Å². The third kappa shape index (κ3) is 2.76. The molecule has 24 heavy (non-hydrogen) atoms. The summed E-state index contributed by atoms with van der Waals surface area (Å²) in [6, 6.07) is 9.93. The number of H-pyrrole nitrogens is 1. The molecule has 8 heteroatoms. The lowest BCUT2D eigenvalue weighted by Gasteiger charge is -1.97. The zero-order chi connectivity index (χ0) is 16.7. The molecule has 0 unspecified atom stereocenters. The van der Waals surface area contributed by atoms with Gasteiger partial charge < -0.3 is 4.42 Å². The molecule has 0 aliphatic rings. The van der Waals surface area contributed by atoms with Gasteiger partial charge in [-0.2, -0.15) is 0 Å². The van der Waals surface area contributed by atoms with E-state index in [0.717, 1.165) is 27.7 Å². The normalized spacial score (nSPS) is 11.3. The first kappa shape index (κ1) is 14.8. The summed E-state index contributed by atoms with van der Waals surface area (Å²) in [4.78, 5) is 8.76. The van der Waals surface area contributed by atoms with Crippen molar-refractivity contribution in [1.29, 1.82) is 0 Å². The topological polar surface area (TPSA) is 84.6 Å². The average molecular weight is 339 g/mol. The summed E-state index contributed by atoms with van der Waals surface area (Å²) in [5, 5.41) is 12.8. The summed E-state index contributed by atoms with van der Waals surface area (Å²) in [6.07, 6.45) is 0. The van der Waals surface area contributed by atoms with Gasteiger partial charge in [0.2, 0.25) is 11.7 Å². The van der Waals surface area contributed by atoms with E-state index in [-0.39, 0.29) is 0 Å². The molecule has 0 atom stereocenters. The van der Waals surface area contributed by atoms with Crippen molar-refractivity contribution in [3.05, 3.63) is 47.4 Å². The molecule has 1 N–H and O–H groups in total. The van der Waals surface area contributed by atoms with Gasteiger partial charge in [0.15, 0.2) is 5.03 Å². The highest BCUT2D eigenvalue weighted by molar-refractivity contribution is 7.98. The highest BCUT2D eigenvalue weighted by atomic mass is 32.2. The Morgan fingerprint density at radius 3 is 2.79 bits per heavy atom. The van der Waals surface area contributed by atoms with Gasteiger partial charge in [-0.25, -0.2) is 5.10 Å². The Kier molecular flexibility index (Phi) is 3.53. The van der Waals surface area contributed by atoms with Gasteiger partial charge in [-0.05, 0) is 26.0 Å². The Labute approximate surface area is 142 Å². The monoisotopic (exact) mass is 339 g/mol. The van der Waals surface area contributed by atoms with Crippen molar-refractivity contribution in [1.82, 2.24) is 25.3 Å². The van der Waals surface area contributed by atoms with Crippen molar-refractivity contribution in [3.8, 4) is 11.5 Å². The second-order valence-electron chi connectivity index (χ2n) is 5.52. The van der Waals surface area contributed by atoms with Crippen LogP contribution in [0.3, 0.4) is 0 Å². The van der Waals surface area contributed by atoms with E-state index in [1.165, 1.54) is 11.8 Å². The molecule has 0 spiro atoms. The maximum atomic E-state index is 5.80. The maximum absolute atomic E-state index is 5.80. The summed E-state index contributed by atoms with van der Waals surface area (Å²) in [7, 11) is 0. The van der Waals surface area contributed by atoms with E-state index in [1.807, 2.05) is 55.6 Å². The summed E-state index contributed by atoms with van der Waals surface area (Å²) >= 11 is 1.38. The Balaban J connectivity index is 1.69. The lowest BCUT2D eigenvalue weighted by Crippen LogP contribution is -2.27. The number of aryl methyl sites for hydroxylation is 3. The highest BCUT2D eigenvalue weighted by Gasteiger charge is 2.19. The molecule has 0 aliphatic carbocycles. The van der Waals surface area contributed by atoms with Crippen LogP contribution in [0.15, 0.2) is 45.0 Å². The zero-order valence-electron chi connectivity index (χ0n) is 13.4. The summed E-state index contributed by atoms with van der Waals surface area (Å²) in [6.45, 7) is 5.85. The van der Waals surface area contributed by atoms with Gasteiger partial charge in [-0.1, -0.05) is 27.7 Å². The molecular weight excluding hydrogens is 324 g/mol. The third-order valence-electron chi connectivity index (χ3n) is 3.43. The van der Waals surface area contributed by atoms with Crippen molar-refractivity contribution in [3.63, 3.8) is 0 Å². The van der Waals surface area contributed by atoms with Crippen LogP contribution >= 0.6 is 11.8 Å². The second kappa shape index (κ2) is 5.72. The number of fused-ring (bicyclic) bond motifs is 1. The van der Waals surface area contributed by atoms with Crippen LogP contribution in [0.4, 0.5) is 0 Å². The predicted molar refractivity (Wildman–Crippen MR) is 87.6 cm³/mol. The third-order valence-corrected chi connectivity index (χ3v) is 4.28. The predicted octanol–water partition coefficient (Wildman–Crippen LogP) is 2.67. The number of nitrogens with zero attached hydrogens (tertiary/aromatic N) is 5. The average Bonchev–Trinajstić information content (AvgIpc) is 3.13. The number of benzene rings is 1. The van der Waals surface area contributed by atoms with Crippen molar-refractivity contribution in [2.75, 3.05) is 0 Å². The largest absolute Gasteiger partial charge is 0.458 e. The molecule has 0 fully saturated rings. The van der Waals surface area contributed by atoms with Crippen LogP contribution in [0, 0.1) is 20.8 Å². The summed E-state index contributed by atoms with van der Waals surface area (Å²) in [5.74, 6) is 1.92. The highest BCUT2D eigenvalue weighted by Crippen LogP contribution is 2.27. The number of hydrogen-bond donors (Lipinski definition) is 1. The molecule has 1 aromatic carbocycles. The van der Waals surface area contributed by atoms with E-state index >= 15 is 0 Å². The molecular formula is C16H15N6OS+. The molecule has 7 nitrogen and oxygen atoms in total. The Morgan fingerprint density at radius 2 is 1.96 bits per heavy atom. The van der Waals surface area contributed by atoms with E-state index in [4.69, 9.17) is 4.42 Å². The van der Waals surface area contributed by atoms with Gasteiger partial charge in [0.25, 0.3) is 5.22 Å². The first-order valence-corrected chi connectivity index (χ1v) is 8.24. The smallest absolute Gasteiger partial charge is 0.411 e. The van der Waals surface area contributed by atoms with Gasteiger partial charge in [-0.3, -0.25) is 0 Å². The molecule has 0 amide bonds. The lowest BCUT2D eigenvalue weighted by atomic mass is 10.1. The Morgan fingerprint density at radius 1 is 1.08 bits per heavy atom. The van der Waals surface area contributed by atoms with Crippen LogP contribution in [-0.2, 0) is 0 Å². The van der Waals surface area contributed by atoms with Crippen molar-refractivity contribution in [2.24, 2.45) is 0 Å². The van der Waals surface area contributed by atoms with E-state index in [9.17, 15) is 0 Å². The molecule has 0 saturated carbocycles. The quantitative estimate of drug-likeness (QED) is 0.456. The van der Waals surface area contributed by atoms with Crippen LogP contribution in [0.2, 0.25) is 0 Å². The van der Waals surface area contributed by atoms with Gasteiger partial charge in [0, 0.05) is 30.3 Å². The minimum Gasteiger partial charge on any atom is -0.411 e. The number of aromatic amines is 1. The molecule has 0 radical (unpaired) electrons. The van der Waals surface area contributed by atoms with E-state index < -0.39 is 0 Å². The fourth-order valence-electron chi connectivity index (χ4n) is 2.41. The number of aromatic nitrogens is 6. The summed E-state index contributed by atoms with van der Waals surface area (Å²) in [5.41, 5.74) is 2.94. The van der Waals surface area contributed by atoms with E-state index in [1.54, 1.807) is 0 Å². The van der Waals surface area contributed by atoms with Crippen LogP contribution in [0.5, 0.6) is 0 Å². The first-order valence-electron chi connectivity index (χ1n) is 7.43. The fraction of sp³-hybridized carbons (Fsp3) is 0.188. The van der Waals surface area contributed by atoms with Gasteiger partial charge in [0.1, 0.15) is 5.69 Å². The molecule has 4 aromatic rings. The SMILES string of the molecule is Cc1cccc(-c2nnc(Sc3cc(C)nc4nc(C)[nH][n+]34)o2)c1. The zero-order valence-corrected chi connectivity index (χ0v) is 14.3. The van der Waals surface area contributed by atoms with Crippen molar-refractivity contribution in [2.45, 2.75) is 31.0 Å². The van der Waals surface area contributed by atoms with Crippen LogP contribution < -0.4 is 4.52 Å². The minimum atomic E-state index is 0.471. The van der Waals surface area contributed by atoms with Crippen LogP contribution in [0.25, 0.3) is 17.2 Å². The maximum Gasteiger partial charge on any atom is 0.458 e. The molecule has 0 saturated heterocycles. The fourth-order valence-corrected chi connectivity index (χ4v) is 3.24. The molecule has 0 bridgehead atoms. The van der Waals surface area contributed by atoms with Gasteiger partial charge in [0.05, 0.1) is 0 Å². The lowest BCUT2D eigenvalue weighted by molar-refractivity contribution is -0.620. The molecule has 0 aliphatic heterocycles. The van der Waals surface area contributed by atoms with E-state index in [0.29, 0.717) is 16.9 Å². The van der Waals surface area contributed by atoms with Crippen molar-refractivity contribution < 1.29 is 8.93 Å². The van der Waals surface area contributed by atoms with Crippen molar-refractivity contribution >= 4 is 17.5 Å². The number of hydrogen-bond acceptors (Lipinski definition) is 6. The number of rotatable bonds is 3. The van der Waals surface area contributed by atoms with Gasteiger partial charge in [-0.15, -0.1) is 14.7 Å². The first-order chi connectivity index (χ1) is 11.6. The van der Waals surface area contributed by atoms with Crippen LogP contribution in [-0.4, -0.2) is 25.3 Å². The van der Waals surface area contributed by atoms with Crippen LogP contribution in [0.1, 0.15) is 17.1 Å². The molecule has 4 rings (SSSR count). The minimum absolute atomic E-state index is 0.471. The summed E-state index contributed by atoms with van der Waals surface area (Å²) < 4.78 is 7.61. The molecule has 3 aromatic heterocycles. The Bertz CT molecular complexity index is 1040. The standard InChI is InChI=1S/C16H14N6OS/c1-9-5-4-6-12(7-9)14-19-20-16(23-14)24-13-8-10(2)17-15-18-11(3)21-22(13)15/h4-8H,1-3H3/p+1. The molecule has 3 heterocycles. The number of nitrogens with one attached hydrogen (secondary N) is 1. The molecule has 120 valence electrons.